The zero-order chi connectivity index (χ0) is 18.2. The molecule has 140 valence electrons. The first-order chi connectivity index (χ1) is 12.2. The summed E-state index contributed by atoms with van der Waals surface area (Å²) in [6, 6.07) is 7.81. The summed E-state index contributed by atoms with van der Waals surface area (Å²) in [4.78, 5) is 11.7. The van der Waals surface area contributed by atoms with Crippen molar-refractivity contribution in [2.45, 2.75) is 84.0 Å². The Kier molecular flexibility index (Phi) is 13.2. The maximum absolute atomic E-state index is 11.7. The predicted molar refractivity (Wildman–Crippen MR) is 111 cm³/mol. The maximum Gasteiger partial charge on any atom is 0.240 e. The fourth-order valence-electron chi connectivity index (χ4n) is 2.77. The van der Waals surface area contributed by atoms with E-state index in [1.807, 2.05) is 24.3 Å². The van der Waals surface area contributed by atoms with Crippen LogP contribution < -0.4 is 5.43 Å². The Hall–Kier alpha value is -1.16. The van der Waals surface area contributed by atoms with Crippen molar-refractivity contribution in [1.82, 2.24) is 5.43 Å². The minimum absolute atomic E-state index is 0.00201. The van der Waals surface area contributed by atoms with Gasteiger partial charge in [-0.25, -0.2) is 5.43 Å². The van der Waals surface area contributed by atoms with Gasteiger partial charge in [0.2, 0.25) is 5.91 Å². The van der Waals surface area contributed by atoms with E-state index in [9.17, 15) is 4.79 Å². The van der Waals surface area contributed by atoms with E-state index in [0.717, 1.165) is 22.9 Å². The third kappa shape index (κ3) is 12.8. The summed E-state index contributed by atoms with van der Waals surface area (Å²) in [5, 5.41) is 4.01. The van der Waals surface area contributed by atoms with Crippen LogP contribution in [0.25, 0.3) is 0 Å². The van der Waals surface area contributed by atoms with E-state index in [0.29, 0.717) is 6.42 Å². The van der Waals surface area contributed by atoms with Crippen LogP contribution in [0.3, 0.4) is 0 Å². The van der Waals surface area contributed by atoms with E-state index in [1.165, 1.54) is 57.8 Å². The smallest absolute Gasteiger partial charge is 0.240 e. The lowest BCUT2D eigenvalue weighted by atomic mass is 10.1. The number of rotatable bonds is 14. The van der Waals surface area contributed by atoms with Crippen molar-refractivity contribution in [2.75, 3.05) is 0 Å². The molecule has 1 amide bonds. The van der Waals surface area contributed by atoms with Gasteiger partial charge in [-0.05, 0) is 24.1 Å². The second-order valence-corrected chi connectivity index (χ2v) is 7.55. The zero-order valence-corrected chi connectivity index (χ0v) is 17.2. The number of hydrogen-bond donors (Lipinski definition) is 1. The minimum atomic E-state index is 0.00201. The van der Waals surface area contributed by atoms with Gasteiger partial charge in [-0.1, -0.05) is 99.2 Å². The highest BCUT2D eigenvalue weighted by Crippen LogP contribution is 2.12. The summed E-state index contributed by atoms with van der Waals surface area (Å²) in [5.41, 5.74) is 3.56. The Morgan fingerprint density at radius 2 is 1.60 bits per heavy atom. The zero-order valence-electron chi connectivity index (χ0n) is 15.6. The van der Waals surface area contributed by atoms with E-state index in [1.54, 1.807) is 6.21 Å². The van der Waals surface area contributed by atoms with Crippen molar-refractivity contribution < 1.29 is 4.79 Å². The van der Waals surface area contributed by atoms with Crippen LogP contribution in [0, 0.1) is 0 Å². The van der Waals surface area contributed by atoms with Gasteiger partial charge in [-0.3, -0.25) is 4.79 Å². The summed E-state index contributed by atoms with van der Waals surface area (Å²) < 4.78 is 1.00. The lowest BCUT2D eigenvalue weighted by molar-refractivity contribution is -0.121. The Labute approximate surface area is 161 Å². The van der Waals surface area contributed by atoms with E-state index in [-0.39, 0.29) is 5.91 Å². The molecular formula is C21H33BrN2O. The van der Waals surface area contributed by atoms with Gasteiger partial charge < -0.3 is 0 Å². The molecule has 25 heavy (non-hydrogen) atoms. The Morgan fingerprint density at radius 3 is 2.20 bits per heavy atom. The van der Waals surface area contributed by atoms with E-state index in [2.05, 4.69) is 33.4 Å². The highest BCUT2D eigenvalue weighted by atomic mass is 79.9. The summed E-state index contributed by atoms with van der Waals surface area (Å²) >= 11 is 3.41. The van der Waals surface area contributed by atoms with E-state index >= 15 is 0 Å². The van der Waals surface area contributed by atoms with Gasteiger partial charge in [0.15, 0.2) is 0 Å². The number of benzene rings is 1. The van der Waals surface area contributed by atoms with Crippen molar-refractivity contribution in [3.05, 3.63) is 34.3 Å². The van der Waals surface area contributed by atoms with Crippen LogP contribution in [0.5, 0.6) is 0 Å². The van der Waals surface area contributed by atoms with Crippen LogP contribution in [0.15, 0.2) is 33.8 Å². The van der Waals surface area contributed by atoms with Crippen molar-refractivity contribution in [3.63, 3.8) is 0 Å². The van der Waals surface area contributed by atoms with Crippen LogP contribution in [0.4, 0.5) is 0 Å². The monoisotopic (exact) mass is 408 g/mol. The van der Waals surface area contributed by atoms with Crippen molar-refractivity contribution in [3.8, 4) is 0 Å². The maximum atomic E-state index is 11.7. The summed E-state index contributed by atoms with van der Waals surface area (Å²) in [7, 11) is 0. The topological polar surface area (TPSA) is 41.5 Å². The molecule has 1 N–H and O–H groups in total. The molecule has 1 aromatic rings. The first kappa shape index (κ1) is 21.9. The molecule has 4 heteroatoms. The average molecular weight is 409 g/mol. The molecule has 0 aromatic heterocycles. The van der Waals surface area contributed by atoms with Gasteiger partial charge in [0, 0.05) is 10.9 Å². The van der Waals surface area contributed by atoms with E-state index < -0.39 is 0 Å². The first-order valence-electron chi connectivity index (χ1n) is 9.80. The lowest BCUT2D eigenvalue weighted by Crippen LogP contribution is -2.16. The molecule has 0 saturated heterocycles. The molecular weight excluding hydrogens is 376 g/mol. The fraction of sp³-hybridized carbons (Fsp3) is 0.619. The highest BCUT2D eigenvalue weighted by Gasteiger charge is 1.99. The Morgan fingerprint density at radius 1 is 1.00 bits per heavy atom. The molecule has 0 aliphatic carbocycles. The van der Waals surface area contributed by atoms with Crippen molar-refractivity contribution >= 4 is 28.1 Å². The number of hydrazone groups is 1. The minimum Gasteiger partial charge on any atom is -0.273 e. The fourth-order valence-corrected chi connectivity index (χ4v) is 3.19. The van der Waals surface area contributed by atoms with Crippen LogP contribution in [-0.4, -0.2) is 12.1 Å². The first-order valence-corrected chi connectivity index (χ1v) is 10.6. The SMILES string of the molecule is CCCCCCCCCCCCCC(=O)N/N=C\c1cccc(Br)c1. The molecule has 0 radical (unpaired) electrons. The molecule has 0 aliphatic heterocycles. The molecule has 1 rings (SSSR count). The summed E-state index contributed by atoms with van der Waals surface area (Å²) in [6.45, 7) is 2.26. The molecule has 1 aromatic carbocycles. The third-order valence-corrected chi connectivity index (χ3v) is 4.75. The summed E-state index contributed by atoms with van der Waals surface area (Å²) in [6.07, 6.45) is 16.5. The molecule has 0 bridgehead atoms. The molecule has 0 aliphatic rings. The number of nitrogens with one attached hydrogen (secondary N) is 1. The predicted octanol–water partition coefficient (Wildman–Crippen LogP) is 6.60. The van der Waals surface area contributed by atoms with Crippen LogP contribution in [-0.2, 0) is 4.79 Å². The third-order valence-electron chi connectivity index (χ3n) is 4.26. The standard InChI is InChI=1S/C21H33BrN2O/c1-2-3-4-5-6-7-8-9-10-11-12-16-21(25)24-23-18-19-14-13-15-20(22)17-19/h13-15,17-18H,2-12,16H2,1H3,(H,24,25)/b23-18-. The van der Waals surface area contributed by atoms with Crippen LogP contribution in [0.2, 0.25) is 0 Å². The second-order valence-electron chi connectivity index (χ2n) is 6.63. The number of carbonyl (C=O) groups excluding carboxylic acids is 1. The van der Waals surface area contributed by atoms with Crippen molar-refractivity contribution in [1.29, 1.82) is 0 Å². The second kappa shape index (κ2) is 15.1. The molecule has 0 atom stereocenters. The molecule has 0 fully saturated rings. The van der Waals surface area contributed by atoms with Gasteiger partial charge in [0.25, 0.3) is 0 Å². The largest absolute Gasteiger partial charge is 0.273 e. The molecule has 0 spiro atoms. The average Bonchev–Trinajstić information content (AvgIpc) is 2.60. The van der Waals surface area contributed by atoms with Crippen LogP contribution >= 0.6 is 15.9 Å². The molecule has 0 unspecified atom stereocenters. The number of amides is 1. The van der Waals surface area contributed by atoms with Gasteiger partial charge in [0.05, 0.1) is 6.21 Å². The van der Waals surface area contributed by atoms with Gasteiger partial charge in [-0.2, -0.15) is 5.10 Å². The highest BCUT2D eigenvalue weighted by molar-refractivity contribution is 9.10. The quantitative estimate of drug-likeness (QED) is 0.210. The van der Waals surface area contributed by atoms with E-state index in [4.69, 9.17) is 0 Å². The molecule has 3 nitrogen and oxygen atoms in total. The Balaban J connectivity index is 1.93. The van der Waals surface area contributed by atoms with Gasteiger partial charge in [0.1, 0.15) is 0 Å². The number of halogens is 1. The lowest BCUT2D eigenvalue weighted by Gasteiger charge is -2.02. The Bertz CT molecular complexity index is 502. The number of nitrogens with zero attached hydrogens (tertiary/aromatic N) is 1. The van der Waals surface area contributed by atoms with Crippen molar-refractivity contribution in [2.24, 2.45) is 5.10 Å². The molecule has 0 saturated carbocycles. The molecule has 0 heterocycles. The van der Waals surface area contributed by atoms with Gasteiger partial charge in [-0.15, -0.1) is 0 Å². The van der Waals surface area contributed by atoms with Crippen LogP contribution in [0.1, 0.15) is 89.5 Å². The number of carbonyl (C=O) groups is 1. The number of unbranched alkanes of at least 4 members (excludes halogenated alkanes) is 10. The normalized spacial score (nSPS) is 11.1. The summed E-state index contributed by atoms with van der Waals surface area (Å²) in [5.74, 6) is 0.00201. The number of hydrogen-bond acceptors (Lipinski definition) is 2. The van der Waals surface area contributed by atoms with Gasteiger partial charge >= 0.3 is 0 Å².